The Labute approximate surface area is 108 Å². The van der Waals surface area contributed by atoms with Gasteiger partial charge in [0.1, 0.15) is 11.2 Å². The minimum Gasteiger partial charge on any atom is -0.324 e. The Morgan fingerprint density at radius 2 is 2.29 bits per heavy atom. The summed E-state index contributed by atoms with van der Waals surface area (Å²) in [4.78, 5) is 11.9. The minimum atomic E-state index is -1.11. The number of nitriles is 1. The normalized spacial score (nSPS) is 13.6. The van der Waals surface area contributed by atoms with Gasteiger partial charge in [0, 0.05) is 4.47 Å². The molecule has 0 fully saturated rings. The lowest BCUT2D eigenvalue weighted by Gasteiger charge is -2.19. The Morgan fingerprint density at radius 3 is 2.82 bits per heavy atom. The monoisotopic (exact) mass is 298 g/mol. The van der Waals surface area contributed by atoms with E-state index in [4.69, 9.17) is 5.26 Å². The third-order valence-electron chi connectivity index (χ3n) is 2.63. The van der Waals surface area contributed by atoms with Crippen molar-refractivity contribution in [3.8, 4) is 6.07 Å². The zero-order valence-electron chi connectivity index (χ0n) is 9.55. The number of carbonyl (C=O) groups is 1. The van der Waals surface area contributed by atoms with Gasteiger partial charge in [0.15, 0.2) is 0 Å². The molecule has 1 rings (SSSR count). The molecule has 1 unspecified atom stereocenters. The van der Waals surface area contributed by atoms with Gasteiger partial charge in [0.25, 0.3) is 0 Å². The third-order valence-corrected chi connectivity index (χ3v) is 3.32. The molecule has 0 radical (unpaired) electrons. The van der Waals surface area contributed by atoms with Crippen LogP contribution in [0.5, 0.6) is 0 Å². The SMILES string of the molecule is CCC(C)(C#N)C(=O)Nc1cc(F)ccc1Br. The number of rotatable bonds is 3. The van der Waals surface area contributed by atoms with Gasteiger partial charge in [0.05, 0.1) is 11.8 Å². The number of carbonyl (C=O) groups excluding carboxylic acids is 1. The van der Waals surface area contributed by atoms with E-state index < -0.39 is 17.1 Å². The highest BCUT2D eigenvalue weighted by Gasteiger charge is 2.31. The van der Waals surface area contributed by atoms with Gasteiger partial charge in [-0.25, -0.2) is 4.39 Å². The van der Waals surface area contributed by atoms with Gasteiger partial charge in [-0.1, -0.05) is 6.92 Å². The molecule has 3 nitrogen and oxygen atoms in total. The van der Waals surface area contributed by atoms with Crippen LogP contribution < -0.4 is 5.32 Å². The van der Waals surface area contributed by atoms with Gasteiger partial charge in [0.2, 0.25) is 5.91 Å². The largest absolute Gasteiger partial charge is 0.324 e. The molecule has 5 heteroatoms. The molecule has 0 bridgehead atoms. The second kappa shape index (κ2) is 5.28. The second-order valence-electron chi connectivity index (χ2n) is 3.88. The predicted octanol–water partition coefficient (Wildman–Crippen LogP) is 3.47. The van der Waals surface area contributed by atoms with Gasteiger partial charge in [-0.3, -0.25) is 4.79 Å². The molecule has 1 atom stereocenters. The van der Waals surface area contributed by atoms with E-state index in [9.17, 15) is 9.18 Å². The van der Waals surface area contributed by atoms with Crippen molar-refractivity contribution in [2.75, 3.05) is 5.32 Å². The Morgan fingerprint density at radius 1 is 1.65 bits per heavy atom. The maximum absolute atomic E-state index is 13.0. The number of hydrogen-bond donors (Lipinski definition) is 1. The first-order chi connectivity index (χ1) is 7.92. The second-order valence-corrected chi connectivity index (χ2v) is 4.73. The van der Waals surface area contributed by atoms with E-state index in [1.807, 2.05) is 6.07 Å². The predicted molar refractivity (Wildman–Crippen MR) is 66.7 cm³/mol. The molecule has 90 valence electrons. The zero-order chi connectivity index (χ0) is 13.1. The first-order valence-corrected chi connectivity index (χ1v) is 5.90. The fraction of sp³-hybridized carbons (Fsp3) is 0.333. The van der Waals surface area contributed by atoms with Crippen LogP contribution in [0.3, 0.4) is 0 Å². The molecule has 0 aliphatic rings. The van der Waals surface area contributed by atoms with Gasteiger partial charge in [-0.15, -0.1) is 0 Å². The Kier molecular flexibility index (Phi) is 4.24. The van der Waals surface area contributed by atoms with Crippen molar-refractivity contribution >= 4 is 27.5 Å². The molecule has 0 aliphatic carbocycles. The Hall–Kier alpha value is -1.41. The van der Waals surface area contributed by atoms with E-state index in [1.165, 1.54) is 18.2 Å². The number of benzene rings is 1. The standard InChI is InChI=1S/C12H12BrFN2O/c1-3-12(2,7-15)11(17)16-10-6-8(14)4-5-9(10)13/h4-6H,3H2,1-2H3,(H,16,17). The molecule has 0 heterocycles. The zero-order valence-corrected chi connectivity index (χ0v) is 11.1. The first-order valence-electron chi connectivity index (χ1n) is 5.10. The Balaban J connectivity index is 2.96. The van der Waals surface area contributed by atoms with Crippen molar-refractivity contribution < 1.29 is 9.18 Å². The fourth-order valence-corrected chi connectivity index (χ4v) is 1.49. The van der Waals surface area contributed by atoms with Crippen LogP contribution in [0.15, 0.2) is 22.7 Å². The molecule has 0 aliphatic heterocycles. The number of nitrogens with zero attached hydrogens (tertiary/aromatic N) is 1. The topological polar surface area (TPSA) is 52.9 Å². The Bertz CT molecular complexity index is 484. The molecule has 1 amide bonds. The number of anilines is 1. The average molecular weight is 299 g/mol. The summed E-state index contributed by atoms with van der Waals surface area (Å²) in [5, 5.41) is 11.5. The molecule has 0 aromatic heterocycles. The molecule has 17 heavy (non-hydrogen) atoms. The van der Waals surface area contributed by atoms with E-state index in [0.29, 0.717) is 16.6 Å². The lowest BCUT2D eigenvalue weighted by molar-refractivity contribution is -0.122. The summed E-state index contributed by atoms with van der Waals surface area (Å²) in [5.74, 6) is -0.882. The van der Waals surface area contributed by atoms with Crippen LogP contribution in [0, 0.1) is 22.6 Å². The quantitative estimate of drug-likeness (QED) is 0.929. The highest BCUT2D eigenvalue weighted by molar-refractivity contribution is 9.10. The van der Waals surface area contributed by atoms with E-state index in [1.54, 1.807) is 13.8 Å². The van der Waals surface area contributed by atoms with Crippen LogP contribution in [-0.2, 0) is 4.79 Å². The smallest absolute Gasteiger partial charge is 0.244 e. The number of hydrogen-bond acceptors (Lipinski definition) is 2. The maximum atomic E-state index is 13.0. The lowest BCUT2D eigenvalue weighted by Crippen LogP contribution is -2.31. The summed E-state index contributed by atoms with van der Waals surface area (Å²) < 4.78 is 13.6. The van der Waals surface area contributed by atoms with E-state index in [-0.39, 0.29) is 0 Å². The van der Waals surface area contributed by atoms with Crippen LogP contribution in [0.4, 0.5) is 10.1 Å². The summed E-state index contributed by atoms with van der Waals surface area (Å²) in [6.45, 7) is 3.30. The van der Waals surface area contributed by atoms with Crippen LogP contribution >= 0.6 is 15.9 Å². The summed E-state index contributed by atoms with van der Waals surface area (Å²) in [6.07, 6.45) is 0.391. The van der Waals surface area contributed by atoms with Crippen LogP contribution in [0.2, 0.25) is 0 Å². The van der Waals surface area contributed by atoms with Crippen molar-refractivity contribution in [3.05, 3.63) is 28.5 Å². The van der Waals surface area contributed by atoms with Gasteiger partial charge < -0.3 is 5.32 Å². The van der Waals surface area contributed by atoms with Crippen LogP contribution in [0.25, 0.3) is 0 Å². The summed E-state index contributed by atoms with van der Waals surface area (Å²) in [6, 6.07) is 5.95. The molecule has 0 saturated heterocycles. The number of amides is 1. The van der Waals surface area contributed by atoms with Crippen molar-refractivity contribution in [1.82, 2.24) is 0 Å². The lowest BCUT2D eigenvalue weighted by atomic mass is 9.88. The highest BCUT2D eigenvalue weighted by atomic mass is 79.9. The van der Waals surface area contributed by atoms with Crippen molar-refractivity contribution in [1.29, 1.82) is 5.26 Å². The van der Waals surface area contributed by atoms with E-state index >= 15 is 0 Å². The average Bonchev–Trinajstić information content (AvgIpc) is 2.32. The highest BCUT2D eigenvalue weighted by Crippen LogP contribution is 2.27. The summed E-state index contributed by atoms with van der Waals surface area (Å²) in [5.41, 5.74) is -0.781. The molecule has 0 saturated carbocycles. The van der Waals surface area contributed by atoms with Gasteiger partial charge in [-0.2, -0.15) is 5.26 Å². The van der Waals surface area contributed by atoms with Crippen molar-refractivity contribution in [2.45, 2.75) is 20.3 Å². The molecule has 1 aromatic rings. The molecule has 1 aromatic carbocycles. The van der Waals surface area contributed by atoms with Crippen molar-refractivity contribution in [2.24, 2.45) is 5.41 Å². The summed E-state index contributed by atoms with van der Waals surface area (Å²) >= 11 is 3.21. The van der Waals surface area contributed by atoms with Gasteiger partial charge >= 0.3 is 0 Å². The first kappa shape index (κ1) is 13.7. The molecular weight excluding hydrogens is 287 g/mol. The van der Waals surface area contributed by atoms with Gasteiger partial charge in [-0.05, 0) is 47.5 Å². The molecule has 0 spiro atoms. The minimum absolute atomic E-state index is 0.324. The number of nitrogens with one attached hydrogen (secondary N) is 1. The van der Waals surface area contributed by atoms with Crippen LogP contribution in [0.1, 0.15) is 20.3 Å². The third kappa shape index (κ3) is 3.04. The molecule has 1 N–H and O–H groups in total. The van der Waals surface area contributed by atoms with Crippen molar-refractivity contribution in [3.63, 3.8) is 0 Å². The van der Waals surface area contributed by atoms with E-state index in [0.717, 1.165) is 0 Å². The number of halogens is 2. The fourth-order valence-electron chi connectivity index (χ4n) is 1.14. The van der Waals surface area contributed by atoms with Crippen LogP contribution in [-0.4, -0.2) is 5.91 Å². The van der Waals surface area contributed by atoms with E-state index in [2.05, 4.69) is 21.2 Å². The summed E-state index contributed by atoms with van der Waals surface area (Å²) in [7, 11) is 0. The molecular formula is C12H12BrFN2O. The maximum Gasteiger partial charge on any atom is 0.244 e.